The van der Waals surface area contributed by atoms with Crippen LogP contribution in [0.15, 0.2) is 4.90 Å². The van der Waals surface area contributed by atoms with Gasteiger partial charge in [-0.3, -0.25) is 4.79 Å². The number of rotatable bonds is 6. The third-order valence-corrected chi connectivity index (χ3v) is 8.48. The number of sulfonamides is 1. The molecule has 1 saturated heterocycles. The topological polar surface area (TPSA) is 97.7 Å². The summed E-state index contributed by atoms with van der Waals surface area (Å²) in [5.41, 5.74) is 1.14. The summed E-state index contributed by atoms with van der Waals surface area (Å²) < 4.78 is 35.4. The van der Waals surface area contributed by atoms with Gasteiger partial charge in [0.15, 0.2) is 0 Å². The molecule has 1 atom stereocenters. The van der Waals surface area contributed by atoms with Crippen molar-refractivity contribution in [2.75, 3.05) is 19.7 Å². The molecule has 1 aliphatic heterocycles. The fourth-order valence-corrected chi connectivity index (χ4v) is 6.57. The maximum absolute atomic E-state index is 13.6. The Morgan fingerprint density at radius 2 is 1.77 bits per heavy atom. The molecule has 0 radical (unpaired) electrons. The highest BCUT2D eigenvalue weighted by Gasteiger charge is 2.39. The molecule has 168 valence electrons. The number of esters is 1. The summed E-state index contributed by atoms with van der Waals surface area (Å²) in [5, 5.41) is 3.09. The predicted molar refractivity (Wildman–Crippen MR) is 113 cm³/mol. The van der Waals surface area contributed by atoms with Crippen LogP contribution in [0.2, 0.25) is 0 Å². The molecule has 9 heteroatoms. The lowest BCUT2D eigenvalue weighted by atomic mass is 9.98. The summed E-state index contributed by atoms with van der Waals surface area (Å²) in [6.07, 6.45) is 5.51. The van der Waals surface area contributed by atoms with E-state index < -0.39 is 16.0 Å². The van der Waals surface area contributed by atoms with Crippen molar-refractivity contribution in [3.05, 3.63) is 17.0 Å². The van der Waals surface area contributed by atoms with Crippen molar-refractivity contribution in [3.63, 3.8) is 0 Å². The first kappa shape index (κ1) is 22.8. The average molecular weight is 440 g/mol. The van der Waals surface area contributed by atoms with Gasteiger partial charge in [0.2, 0.25) is 15.9 Å². The molecule has 1 aromatic rings. The number of amides is 1. The third kappa shape index (κ3) is 4.27. The summed E-state index contributed by atoms with van der Waals surface area (Å²) >= 11 is 0. The summed E-state index contributed by atoms with van der Waals surface area (Å²) in [4.78, 5) is 25.3. The van der Waals surface area contributed by atoms with Crippen LogP contribution in [0.25, 0.3) is 0 Å². The zero-order chi connectivity index (χ0) is 22.1. The first-order chi connectivity index (χ1) is 14.2. The molecule has 1 N–H and O–H groups in total. The second-order valence-electron chi connectivity index (χ2n) is 8.35. The first-order valence-corrected chi connectivity index (χ1v) is 12.3. The zero-order valence-corrected chi connectivity index (χ0v) is 19.2. The molecule has 1 aliphatic carbocycles. The minimum absolute atomic E-state index is 0.00204. The summed E-state index contributed by atoms with van der Waals surface area (Å²) in [7, 11) is -2.21. The van der Waals surface area contributed by atoms with Crippen LogP contribution in [0.1, 0.15) is 67.2 Å². The standard InChI is InChI=1S/C21H33N3O5S/c1-5-29-21(26)18-14(2)23(4)15(3)19(18)30(27,28)24-12-8-9-16(13-24)20(25)22-17-10-6-7-11-17/h16-17H,5-13H2,1-4H3,(H,22,25)/t16-/m0/s1. The van der Waals surface area contributed by atoms with Crippen LogP contribution in [-0.4, -0.2) is 54.9 Å². The average Bonchev–Trinajstić information content (AvgIpc) is 3.30. The number of piperidine rings is 1. The number of aromatic nitrogens is 1. The van der Waals surface area contributed by atoms with E-state index in [2.05, 4.69) is 5.32 Å². The van der Waals surface area contributed by atoms with Gasteiger partial charge in [0.25, 0.3) is 0 Å². The van der Waals surface area contributed by atoms with Crippen LogP contribution in [-0.2, 0) is 26.6 Å². The van der Waals surface area contributed by atoms with E-state index in [1.165, 1.54) is 4.31 Å². The number of nitrogens with zero attached hydrogens (tertiary/aromatic N) is 2. The molecule has 2 fully saturated rings. The van der Waals surface area contributed by atoms with Crippen LogP contribution < -0.4 is 5.32 Å². The van der Waals surface area contributed by atoms with Gasteiger partial charge in [0.05, 0.1) is 12.5 Å². The van der Waals surface area contributed by atoms with Crippen molar-refractivity contribution >= 4 is 21.9 Å². The molecule has 2 heterocycles. The number of hydrogen-bond acceptors (Lipinski definition) is 5. The molecule has 1 amide bonds. The van der Waals surface area contributed by atoms with E-state index in [9.17, 15) is 18.0 Å². The smallest absolute Gasteiger partial charge is 0.341 e. The number of carbonyl (C=O) groups is 2. The Bertz CT molecular complexity index is 916. The van der Waals surface area contributed by atoms with Crippen molar-refractivity contribution in [2.24, 2.45) is 13.0 Å². The molecule has 0 bridgehead atoms. The summed E-state index contributed by atoms with van der Waals surface area (Å²) in [5.74, 6) is -1.07. The second kappa shape index (κ2) is 9.09. The van der Waals surface area contributed by atoms with Crippen molar-refractivity contribution < 1.29 is 22.7 Å². The highest BCUT2D eigenvalue weighted by atomic mass is 32.2. The summed E-state index contributed by atoms with van der Waals surface area (Å²) in [6.45, 7) is 5.74. The summed E-state index contributed by atoms with van der Waals surface area (Å²) in [6, 6.07) is 0.207. The van der Waals surface area contributed by atoms with Gasteiger partial charge >= 0.3 is 5.97 Å². The predicted octanol–water partition coefficient (Wildman–Crippen LogP) is 2.28. The molecular weight excluding hydrogens is 406 g/mol. The van der Waals surface area contributed by atoms with Gasteiger partial charge in [-0.05, 0) is 46.5 Å². The van der Waals surface area contributed by atoms with E-state index in [0.29, 0.717) is 30.8 Å². The third-order valence-electron chi connectivity index (χ3n) is 6.46. The number of nitrogens with one attached hydrogen (secondary N) is 1. The lowest BCUT2D eigenvalue weighted by molar-refractivity contribution is -0.126. The fraction of sp³-hybridized carbons (Fsp3) is 0.714. The Morgan fingerprint density at radius 1 is 1.10 bits per heavy atom. The Kier molecular flexibility index (Phi) is 6.91. The molecule has 0 unspecified atom stereocenters. The molecule has 3 rings (SSSR count). The van der Waals surface area contributed by atoms with Gasteiger partial charge in [-0.15, -0.1) is 0 Å². The molecular formula is C21H33N3O5S. The van der Waals surface area contributed by atoms with Crippen molar-refractivity contribution in [1.82, 2.24) is 14.2 Å². The zero-order valence-electron chi connectivity index (χ0n) is 18.4. The van der Waals surface area contributed by atoms with Crippen LogP contribution in [0.3, 0.4) is 0 Å². The van der Waals surface area contributed by atoms with Crippen LogP contribution in [0, 0.1) is 19.8 Å². The lowest BCUT2D eigenvalue weighted by Crippen LogP contribution is -2.47. The molecule has 30 heavy (non-hydrogen) atoms. The van der Waals surface area contributed by atoms with Crippen molar-refractivity contribution in [2.45, 2.75) is 70.2 Å². The van der Waals surface area contributed by atoms with E-state index >= 15 is 0 Å². The Morgan fingerprint density at radius 3 is 2.40 bits per heavy atom. The van der Waals surface area contributed by atoms with Gasteiger partial charge in [0.1, 0.15) is 10.5 Å². The SMILES string of the molecule is CCOC(=O)c1c(S(=O)(=O)N2CCC[C@H](C(=O)NC3CCCC3)C2)c(C)n(C)c1C. The molecule has 1 aromatic heterocycles. The normalized spacial score (nSPS) is 21.0. The van der Waals surface area contributed by atoms with Gasteiger partial charge < -0.3 is 14.6 Å². The molecule has 0 spiro atoms. The monoisotopic (exact) mass is 439 g/mol. The van der Waals surface area contributed by atoms with Gasteiger partial charge in [0, 0.05) is 37.6 Å². The van der Waals surface area contributed by atoms with E-state index in [1.54, 1.807) is 32.4 Å². The van der Waals surface area contributed by atoms with Gasteiger partial charge in [-0.1, -0.05) is 12.8 Å². The van der Waals surface area contributed by atoms with Crippen LogP contribution >= 0.6 is 0 Å². The molecule has 8 nitrogen and oxygen atoms in total. The first-order valence-electron chi connectivity index (χ1n) is 10.8. The number of carbonyl (C=O) groups excluding carboxylic acids is 2. The second-order valence-corrected chi connectivity index (χ2v) is 10.2. The van der Waals surface area contributed by atoms with E-state index in [1.807, 2.05) is 0 Å². The van der Waals surface area contributed by atoms with E-state index in [4.69, 9.17) is 4.74 Å². The number of hydrogen-bond donors (Lipinski definition) is 1. The highest BCUT2D eigenvalue weighted by molar-refractivity contribution is 7.89. The fourth-order valence-electron chi connectivity index (χ4n) is 4.57. The quantitative estimate of drug-likeness (QED) is 0.686. The number of ether oxygens (including phenoxy) is 1. The maximum atomic E-state index is 13.6. The lowest BCUT2D eigenvalue weighted by Gasteiger charge is -2.32. The Hall–Kier alpha value is -1.87. The largest absolute Gasteiger partial charge is 0.462 e. The van der Waals surface area contributed by atoms with E-state index in [0.717, 1.165) is 25.7 Å². The van der Waals surface area contributed by atoms with Gasteiger partial charge in [-0.2, -0.15) is 4.31 Å². The van der Waals surface area contributed by atoms with Crippen LogP contribution in [0.5, 0.6) is 0 Å². The molecule has 0 aromatic carbocycles. The molecule has 1 saturated carbocycles. The highest BCUT2D eigenvalue weighted by Crippen LogP contribution is 2.32. The van der Waals surface area contributed by atoms with Gasteiger partial charge in [-0.25, -0.2) is 13.2 Å². The maximum Gasteiger partial charge on any atom is 0.341 e. The van der Waals surface area contributed by atoms with Crippen molar-refractivity contribution in [3.8, 4) is 0 Å². The Balaban J connectivity index is 1.87. The minimum atomic E-state index is -3.95. The van der Waals surface area contributed by atoms with Crippen molar-refractivity contribution in [1.29, 1.82) is 0 Å². The van der Waals surface area contributed by atoms with E-state index in [-0.39, 0.29) is 41.5 Å². The minimum Gasteiger partial charge on any atom is -0.462 e. The Labute approximate surface area is 179 Å². The molecule has 2 aliphatic rings. The van der Waals surface area contributed by atoms with Crippen LogP contribution in [0.4, 0.5) is 0 Å².